The number of nitrogens with zero attached hydrogens (tertiary/aromatic N) is 3. The van der Waals surface area contributed by atoms with Crippen LogP contribution in [0.4, 0.5) is 10.1 Å². The van der Waals surface area contributed by atoms with Crippen molar-refractivity contribution in [1.82, 2.24) is 19.7 Å². The van der Waals surface area contributed by atoms with E-state index in [-0.39, 0.29) is 11.7 Å². The van der Waals surface area contributed by atoms with E-state index >= 15 is 0 Å². The van der Waals surface area contributed by atoms with Gasteiger partial charge in [-0.15, -0.1) is 0 Å². The van der Waals surface area contributed by atoms with E-state index in [9.17, 15) is 9.18 Å². The molecule has 1 unspecified atom stereocenters. The number of carbonyl (C=O) groups is 1. The molecule has 1 atom stereocenters. The van der Waals surface area contributed by atoms with Crippen molar-refractivity contribution in [2.45, 2.75) is 58.9 Å². The number of aromatic amines is 1. The van der Waals surface area contributed by atoms with Crippen LogP contribution in [0.15, 0.2) is 54.9 Å². The summed E-state index contributed by atoms with van der Waals surface area (Å²) >= 11 is 0. The summed E-state index contributed by atoms with van der Waals surface area (Å²) in [5.74, 6) is -0.195. The molecule has 0 bridgehead atoms. The molecule has 0 aliphatic rings. The minimum absolute atomic E-state index is 0.249. The maximum atomic E-state index is 13.2. The molecule has 0 aliphatic heterocycles. The van der Waals surface area contributed by atoms with Crippen molar-refractivity contribution in [1.29, 1.82) is 0 Å². The summed E-state index contributed by atoms with van der Waals surface area (Å²) in [7, 11) is 2.17. The van der Waals surface area contributed by atoms with Gasteiger partial charge in [0, 0.05) is 53.7 Å². The fourth-order valence-electron chi connectivity index (χ4n) is 4.67. The zero-order chi connectivity index (χ0) is 26.4. The second-order valence-electron chi connectivity index (χ2n) is 9.96. The molecule has 6 nitrogen and oxygen atoms in total. The highest BCUT2D eigenvalue weighted by atomic mass is 19.1. The summed E-state index contributed by atoms with van der Waals surface area (Å²) in [5.41, 5.74) is 6.09. The first-order valence-corrected chi connectivity index (χ1v) is 13.3. The highest BCUT2D eigenvalue weighted by Gasteiger charge is 2.17. The molecule has 1 amide bonds. The largest absolute Gasteiger partial charge is 0.358 e. The highest BCUT2D eigenvalue weighted by molar-refractivity contribution is 6.05. The zero-order valence-corrected chi connectivity index (χ0v) is 22.4. The van der Waals surface area contributed by atoms with Crippen molar-refractivity contribution in [3.63, 3.8) is 0 Å². The molecule has 7 heteroatoms. The monoisotopic (exact) mass is 503 g/mol. The molecule has 0 saturated carbocycles. The van der Waals surface area contributed by atoms with Crippen molar-refractivity contribution in [2.24, 2.45) is 0 Å². The van der Waals surface area contributed by atoms with E-state index in [1.54, 1.807) is 0 Å². The first-order chi connectivity index (χ1) is 17.9. The smallest absolute Gasteiger partial charge is 0.255 e. The van der Waals surface area contributed by atoms with Crippen LogP contribution in [0, 0.1) is 5.82 Å². The van der Waals surface area contributed by atoms with Crippen LogP contribution in [0.3, 0.4) is 0 Å². The summed E-state index contributed by atoms with van der Waals surface area (Å²) in [5, 5.41) is 8.55. The Kier molecular flexibility index (Phi) is 8.77. The molecule has 0 aliphatic carbocycles. The van der Waals surface area contributed by atoms with E-state index in [1.165, 1.54) is 41.1 Å². The van der Waals surface area contributed by atoms with E-state index in [0.717, 1.165) is 61.9 Å². The number of aryl methyl sites for hydroxylation is 1. The van der Waals surface area contributed by atoms with Gasteiger partial charge in [0.1, 0.15) is 5.82 Å². The lowest BCUT2D eigenvalue weighted by Crippen LogP contribution is -2.24. The summed E-state index contributed by atoms with van der Waals surface area (Å²) in [4.78, 5) is 18.7. The minimum atomic E-state index is -0.357. The highest BCUT2D eigenvalue weighted by Crippen LogP contribution is 2.32. The van der Waals surface area contributed by atoms with Crippen LogP contribution >= 0.6 is 0 Å². The number of halogens is 1. The van der Waals surface area contributed by atoms with Crippen molar-refractivity contribution in [3.05, 3.63) is 83.1 Å². The Labute approximate surface area is 218 Å². The number of hydrogen-bond donors (Lipinski definition) is 2. The third-order valence-electron chi connectivity index (χ3n) is 7.07. The second kappa shape index (κ2) is 12.2. The molecule has 37 heavy (non-hydrogen) atoms. The summed E-state index contributed by atoms with van der Waals surface area (Å²) in [6.07, 6.45) is 8.16. The number of anilines is 1. The van der Waals surface area contributed by atoms with E-state index in [0.29, 0.717) is 11.5 Å². The fourth-order valence-corrected chi connectivity index (χ4v) is 4.67. The van der Waals surface area contributed by atoms with E-state index in [1.807, 2.05) is 23.0 Å². The van der Waals surface area contributed by atoms with Crippen LogP contribution in [0.2, 0.25) is 0 Å². The second-order valence-corrected chi connectivity index (χ2v) is 9.96. The Morgan fingerprint density at radius 1 is 1.14 bits per heavy atom. The number of amides is 1. The first-order valence-electron chi connectivity index (χ1n) is 13.3. The fraction of sp³-hybridized carbons (Fsp3) is 0.400. The lowest BCUT2D eigenvalue weighted by molar-refractivity contribution is 0.102. The first kappa shape index (κ1) is 26.6. The Balaban J connectivity index is 1.48. The molecule has 4 aromatic rings. The van der Waals surface area contributed by atoms with Gasteiger partial charge in [-0.3, -0.25) is 9.48 Å². The molecule has 0 radical (unpaired) electrons. The summed E-state index contributed by atoms with van der Waals surface area (Å²) in [6, 6.07) is 11.6. The minimum Gasteiger partial charge on any atom is -0.358 e. The molecular formula is C30H38FN5O. The Hall–Kier alpha value is -3.45. The maximum absolute atomic E-state index is 13.2. The molecule has 0 fully saturated rings. The van der Waals surface area contributed by atoms with Gasteiger partial charge in [-0.05, 0) is 92.2 Å². The average molecular weight is 504 g/mol. The topological polar surface area (TPSA) is 66.0 Å². The molecule has 0 saturated heterocycles. The van der Waals surface area contributed by atoms with Crippen LogP contribution in [0.5, 0.6) is 0 Å². The molecule has 2 N–H and O–H groups in total. The van der Waals surface area contributed by atoms with Crippen LogP contribution in [0.25, 0.3) is 10.9 Å². The maximum Gasteiger partial charge on any atom is 0.255 e. The molecule has 2 aromatic carbocycles. The summed E-state index contributed by atoms with van der Waals surface area (Å²) < 4.78 is 15.3. The van der Waals surface area contributed by atoms with Gasteiger partial charge < -0.3 is 15.2 Å². The van der Waals surface area contributed by atoms with Crippen molar-refractivity contribution >= 4 is 22.5 Å². The quantitative estimate of drug-likeness (QED) is 0.235. The number of H-pyrrole nitrogens is 1. The van der Waals surface area contributed by atoms with Crippen molar-refractivity contribution in [3.8, 4) is 0 Å². The molecule has 0 spiro atoms. The van der Waals surface area contributed by atoms with Crippen LogP contribution in [0.1, 0.15) is 66.7 Å². The predicted octanol–water partition coefficient (Wildman–Crippen LogP) is 6.40. The number of fused-ring (bicyclic) bond motifs is 1. The Bertz CT molecular complexity index is 1320. The van der Waals surface area contributed by atoms with Gasteiger partial charge in [-0.2, -0.15) is 5.10 Å². The number of carbonyl (C=O) groups excluding carboxylic acids is 1. The zero-order valence-electron chi connectivity index (χ0n) is 22.4. The summed E-state index contributed by atoms with van der Waals surface area (Å²) in [6.45, 7) is 9.49. The normalized spacial score (nSPS) is 12.4. The van der Waals surface area contributed by atoms with E-state index in [4.69, 9.17) is 0 Å². The number of benzene rings is 2. The van der Waals surface area contributed by atoms with Gasteiger partial charge in [0.25, 0.3) is 5.91 Å². The molecule has 2 aromatic heterocycles. The lowest BCUT2D eigenvalue weighted by Gasteiger charge is -2.17. The van der Waals surface area contributed by atoms with Crippen molar-refractivity contribution in [2.75, 3.05) is 25.5 Å². The van der Waals surface area contributed by atoms with Crippen LogP contribution < -0.4 is 5.32 Å². The predicted molar refractivity (Wildman–Crippen MR) is 149 cm³/mol. The van der Waals surface area contributed by atoms with Gasteiger partial charge >= 0.3 is 0 Å². The van der Waals surface area contributed by atoms with Gasteiger partial charge in [0.05, 0.1) is 6.20 Å². The number of rotatable bonds is 12. The Morgan fingerprint density at radius 3 is 2.62 bits per heavy atom. The number of hydrogen-bond acceptors (Lipinski definition) is 3. The molecule has 4 rings (SSSR count). The molecule has 196 valence electrons. The van der Waals surface area contributed by atoms with Crippen molar-refractivity contribution < 1.29 is 9.18 Å². The average Bonchev–Trinajstić information content (AvgIpc) is 3.50. The number of nitrogens with one attached hydrogen (secondary N) is 2. The van der Waals surface area contributed by atoms with Gasteiger partial charge in [-0.25, -0.2) is 4.39 Å². The van der Waals surface area contributed by atoms with Crippen LogP contribution in [-0.4, -0.2) is 45.7 Å². The standard InChI is InChI=1S/C30H38FN5O/c1-5-15-36-20-22(19-32-36)13-16-35(4)17-14-26-27-18-25(11-12-28(27)34-29(26)21(3)6-2)33-30(37)23-7-9-24(31)10-8-23/h7-12,18-21,34H,5-6,13-17H2,1-4H3,(H,33,37). The van der Waals surface area contributed by atoms with Gasteiger partial charge in [0.15, 0.2) is 0 Å². The number of likely N-dealkylation sites (N-methyl/N-ethyl adjacent to an activating group) is 1. The van der Waals surface area contributed by atoms with Gasteiger partial charge in [0.2, 0.25) is 0 Å². The lowest BCUT2D eigenvalue weighted by atomic mass is 9.97. The van der Waals surface area contributed by atoms with Gasteiger partial charge in [-0.1, -0.05) is 20.8 Å². The SMILES string of the molecule is CCCn1cc(CCN(C)CCc2c(C(C)CC)[nH]c3ccc(NC(=O)c4ccc(F)cc4)cc23)cn1. The molecular weight excluding hydrogens is 465 g/mol. The molecule has 2 heterocycles. The third-order valence-corrected chi connectivity index (χ3v) is 7.07. The number of aromatic nitrogens is 3. The third kappa shape index (κ3) is 6.66. The van der Waals surface area contributed by atoms with Crippen LogP contribution in [-0.2, 0) is 19.4 Å². The van der Waals surface area contributed by atoms with E-state index < -0.39 is 0 Å². The Morgan fingerprint density at radius 2 is 1.89 bits per heavy atom. The van der Waals surface area contributed by atoms with E-state index in [2.05, 4.69) is 60.4 Å².